The minimum absolute atomic E-state index is 0.0421. The maximum Gasteiger partial charge on any atom is 0.252 e. The van der Waals surface area contributed by atoms with Crippen molar-refractivity contribution in [2.45, 2.75) is 26.2 Å². The van der Waals surface area contributed by atoms with Crippen LogP contribution in [0, 0.1) is 18.3 Å². The van der Waals surface area contributed by atoms with Crippen molar-refractivity contribution in [3.63, 3.8) is 0 Å². The maximum atomic E-state index is 12.6. The van der Waals surface area contributed by atoms with Crippen LogP contribution in [0.3, 0.4) is 0 Å². The summed E-state index contributed by atoms with van der Waals surface area (Å²) in [7, 11) is 0. The summed E-state index contributed by atoms with van der Waals surface area (Å²) in [5, 5.41) is 21.2. The van der Waals surface area contributed by atoms with Crippen LogP contribution in [0.4, 0.5) is 5.82 Å². The molecule has 1 saturated carbocycles. The summed E-state index contributed by atoms with van der Waals surface area (Å²) in [6.45, 7) is 4.58. The number of tetrazole rings is 1. The molecule has 1 aliphatic carbocycles. The Kier molecular flexibility index (Phi) is 3.85. The first kappa shape index (κ1) is 16.6. The minimum Gasteiger partial charge on any atom is -0.354 e. The maximum absolute atomic E-state index is 12.6. The fourth-order valence-electron chi connectivity index (χ4n) is 4.66. The van der Waals surface area contributed by atoms with E-state index in [4.69, 9.17) is 0 Å². The molecule has 1 saturated heterocycles. The third-order valence-electron chi connectivity index (χ3n) is 6.12. The van der Waals surface area contributed by atoms with Crippen LogP contribution in [0.15, 0.2) is 23.6 Å². The summed E-state index contributed by atoms with van der Waals surface area (Å²) in [4.78, 5) is 16.0. The van der Waals surface area contributed by atoms with Gasteiger partial charge in [0.05, 0.1) is 5.56 Å². The van der Waals surface area contributed by atoms with Crippen molar-refractivity contribution >= 4 is 28.7 Å². The van der Waals surface area contributed by atoms with Gasteiger partial charge in [-0.3, -0.25) is 4.79 Å². The summed E-state index contributed by atoms with van der Waals surface area (Å²) in [6, 6.07) is 5.78. The number of carbonyl (C=O) groups is 1. The zero-order chi connectivity index (χ0) is 18.4. The van der Waals surface area contributed by atoms with Crippen LogP contribution >= 0.6 is 11.3 Å². The van der Waals surface area contributed by atoms with E-state index < -0.39 is 0 Å². The lowest BCUT2D eigenvalue weighted by Gasteiger charge is -2.29. The number of hydrogen-bond acceptors (Lipinski definition) is 7. The first-order valence-corrected chi connectivity index (χ1v) is 10.2. The molecule has 2 aliphatic rings. The van der Waals surface area contributed by atoms with Gasteiger partial charge in [-0.25, -0.2) is 0 Å². The Morgan fingerprint density at radius 3 is 3.19 bits per heavy atom. The summed E-state index contributed by atoms with van der Waals surface area (Å²) in [5.41, 5.74) is 1.56. The molecule has 1 aliphatic heterocycles. The molecule has 0 unspecified atom stereocenters. The van der Waals surface area contributed by atoms with Gasteiger partial charge in [-0.2, -0.15) is 0 Å². The zero-order valence-electron chi connectivity index (χ0n) is 15.1. The second kappa shape index (κ2) is 6.26. The molecule has 5 rings (SSSR count). The van der Waals surface area contributed by atoms with Crippen molar-refractivity contribution in [3.05, 3.63) is 34.0 Å². The molecule has 1 N–H and O–H groups in total. The monoisotopic (exact) mass is 383 g/mol. The van der Waals surface area contributed by atoms with E-state index in [1.807, 2.05) is 30.5 Å². The number of amides is 1. The molecule has 140 valence electrons. The molecular weight excluding hydrogens is 362 g/mol. The van der Waals surface area contributed by atoms with E-state index >= 15 is 0 Å². The molecule has 9 heteroatoms. The summed E-state index contributed by atoms with van der Waals surface area (Å²) in [6.07, 6.45) is 3.58. The molecule has 2 atom stereocenters. The van der Waals surface area contributed by atoms with Crippen LogP contribution in [0.1, 0.15) is 34.5 Å². The Morgan fingerprint density at radius 1 is 1.41 bits per heavy atom. The lowest BCUT2D eigenvalue weighted by atomic mass is 9.80. The van der Waals surface area contributed by atoms with Gasteiger partial charge in [-0.05, 0) is 59.7 Å². The third kappa shape index (κ3) is 2.77. The topological polar surface area (TPSA) is 88.3 Å². The first-order chi connectivity index (χ1) is 13.1. The second-order valence-electron chi connectivity index (χ2n) is 7.62. The number of aromatic nitrogens is 5. The predicted molar refractivity (Wildman–Crippen MR) is 102 cm³/mol. The number of nitrogens with zero attached hydrogens (tertiary/aromatic N) is 6. The van der Waals surface area contributed by atoms with Gasteiger partial charge in [-0.15, -0.1) is 26.2 Å². The van der Waals surface area contributed by atoms with Crippen LogP contribution in [-0.4, -0.2) is 50.8 Å². The van der Waals surface area contributed by atoms with E-state index in [1.165, 1.54) is 17.5 Å². The molecular formula is C18H21N7OS. The normalized spacial score (nSPS) is 24.5. The van der Waals surface area contributed by atoms with Crippen LogP contribution in [0.2, 0.25) is 0 Å². The predicted octanol–water partition coefficient (Wildman–Crippen LogP) is 1.93. The molecule has 3 aromatic rings. The largest absolute Gasteiger partial charge is 0.354 e. The summed E-state index contributed by atoms with van der Waals surface area (Å²) >= 11 is 1.61. The quantitative estimate of drug-likeness (QED) is 0.741. The van der Waals surface area contributed by atoms with E-state index in [9.17, 15) is 4.79 Å². The highest BCUT2D eigenvalue weighted by molar-refractivity contribution is 7.10. The lowest BCUT2D eigenvalue weighted by Crippen LogP contribution is -2.41. The van der Waals surface area contributed by atoms with Crippen molar-refractivity contribution in [1.29, 1.82) is 0 Å². The van der Waals surface area contributed by atoms with E-state index in [0.717, 1.165) is 42.3 Å². The van der Waals surface area contributed by atoms with E-state index in [0.29, 0.717) is 11.6 Å². The summed E-state index contributed by atoms with van der Waals surface area (Å²) in [5.74, 6) is 1.51. The highest BCUT2D eigenvalue weighted by Crippen LogP contribution is 2.49. The minimum atomic E-state index is 0.0421. The fourth-order valence-corrected chi connectivity index (χ4v) is 5.35. The van der Waals surface area contributed by atoms with E-state index in [1.54, 1.807) is 11.3 Å². The smallest absolute Gasteiger partial charge is 0.252 e. The molecule has 3 aromatic heterocycles. The van der Waals surface area contributed by atoms with Gasteiger partial charge >= 0.3 is 0 Å². The van der Waals surface area contributed by atoms with E-state index in [-0.39, 0.29) is 11.3 Å². The van der Waals surface area contributed by atoms with E-state index in [2.05, 4.69) is 30.8 Å². The number of thiophene rings is 1. The molecule has 27 heavy (non-hydrogen) atoms. The third-order valence-corrected chi connectivity index (χ3v) is 6.97. The Balaban J connectivity index is 1.34. The SMILES string of the molecule is Cc1sccc1C(=O)NC[C@]12CCC[C@H]1CN(c1ccc3nnnn3n1)C2. The number of fused-ring (bicyclic) bond motifs is 2. The molecule has 8 nitrogen and oxygen atoms in total. The van der Waals surface area contributed by atoms with Crippen molar-refractivity contribution in [3.8, 4) is 0 Å². The number of hydrogen-bond donors (Lipinski definition) is 1. The average Bonchev–Trinajstić information content (AvgIpc) is 3.41. The van der Waals surface area contributed by atoms with Crippen LogP contribution in [-0.2, 0) is 0 Å². The lowest BCUT2D eigenvalue weighted by molar-refractivity contribution is 0.0927. The van der Waals surface area contributed by atoms with Gasteiger partial charge in [0.2, 0.25) is 0 Å². The Morgan fingerprint density at radius 2 is 2.33 bits per heavy atom. The van der Waals surface area contributed by atoms with Crippen LogP contribution in [0.25, 0.3) is 5.65 Å². The molecule has 0 bridgehead atoms. The molecule has 1 amide bonds. The highest BCUT2D eigenvalue weighted by Gasteiger charge is 2.49. The van der Waals surface area contributed by atoms with Gasteiger partial charge in [0.25, 0.3) is 5.91 Å². The number of rotatable bonds is 4. The van der Waals surface area contributed by atoms with Crippen molar-refractivity contribution < 1.29 is 4.79 Å². The average molecular weight is 383 g/mol. The number of anilines is 1. The molecule has 4 heterocycles. The van der Waals surface area contributed by atoms with Crippen molar-refractivity contribution in [1.82, 2.24) is 30.6 Å². The molecule has 0 spiro atoms. The van der Waals surface area contributed by atoms with Gasteiger partial charge in [-0.1, -0.05) is 6.42 Å². The molecule has 0 radical (unpaired) electrons. The Bertz CT molecular complexity index is 998. The van der Waals surface area contributed by atoms with Gasteiger partial charge in [0.1, 0.15) is 0 Å². The van der Waals surface area contributed by atoms with Crippen molar-refractivity contribution in [2.75, 3.05) is 24.5 Å². The van der Waals surface area contributed by atoms with Gasteiger partial charge in [0.15, 0.2) is 11.5 Å². The number of aryl methyl sites for hydroxylation is 1. The van der Waals surface area contributed by atoms with Crippen molar-refractivity contribution in [2.24, 2.45) is 11.3 Å². The van der Waals surface area contributed by atoms with Crippen LogP contribution < -0.4 is 10.2 Å². The van der Waals surface area contributed by atoms with Gasteiger partial charge in [0, 0.05) is 29.9 Å². The summed E-state index contributed by atoms with van der Waals surface area (Å²) < 4.78 is 1.47. The fraction of sp³-hybridized carbons (Fsp3) is 0.500. The highest BCUT2D eigenvalue weighted by atomic mass is 32.1. The first-order valence-electron chi connectivity index (χ1n) is 9.27. The number of carbonyl (C=O) groups excluding carboxylic acids is 1. The second-order valence-corrected chi connectivity index (χ2v) is 8.74. The van der Waals surface area contributed by atoms with Crippen LogP contribution in [0.5, 0.6) is 0 Å². The molecule has 0 aromatic carbocycles. The zero-order valence-corrected chi connectivity index (χ0v) is 15.9. The van der Waals surface area contributed by atoms with Gasteiger partial charge < -0.3 is 10.2 Å². The standard InChI is InChI=1S/C18H21N7OS/c1-12-14(6-8-27-12)17(26)19-10-18-7-2-3-13(18)9-24(11-18)16-5-4-15-20-22-23-25(15)21-16/h4-6,8,13H,2-3,7,9-11H2,1H3,(H,19,26)/t13-,18-/m0/s1. The number of nitrogens with one attached hydrogen (secondary N) is 1. The molecule has 2 fully saturated rings. The Labute approximate surface area is 160 Å². The Hall–Kier alpha value is -2.55.